The van der Waals surface area contributed by atoms with Crippen LogP contribution < -0.4 is 0 Å². The minimum Gasteiger partial charge on any atom is -0.266 e. The molecule has 22 heavy (non-hydrogen) atoms. The molecular weight excluding hydrogens is 325 g/mol. The summed E-state index contributed by atoms with van der Waals surface area (Å²) < 4.78 is 0. The zero-order valence-corrected chi connectivity index (χ0v) is 13.4. The largest absolute Gasteiger partial charge is 0.286 e. The average Bonchev–Trinajstić information content (AvgIpc) is 2.72. The normalized spacial score (nSPS) is 14.0. The molecule has 0 saturated carbocycles. The molecule has 0 unspecified atom stereocenters. The quantitative estimate of drug-likeness (QED) is 0.610. The molecule has 0 saturated heterocycles. The van der Waals surface area contributed by atoms with Crippen LogP contribution in [0.1, 0.15) is 40.5 Å². The van der Waals surface area contributed by atoms with Crippen molar-refractivity contribution in [3.63, 3.8) is 0 Å². The van der Waals surface area contributed by atoms with E-state index in [0.717, 1.165) is 17.9 Å². The van der Waals surface area contributed by atoms with Crippen LogP contribution in [0.4, 0.5) is 0 Å². The van der Waals surface area contributed by atoms with E-state index in [2.05, 4.69) is 0 Å². The zero-order valence-electron chi connectivity index (χ0n) is 11.9. The molecule has 1 aliphatic heterocycles. The first kappa shape index (κ1) is 15.3. The molecule has 0 atom stereocenters. The Morgan fingerprint density at radius 3 is 2.64 bits per heavy atom. The van der Waals surface area contributed by atoms with Crippen molar-refractivity contribution in [1.29, 1.82) is 0 Å². The van der Waals surface area contributed by atoms with E-state index in [0.29, 0.717) is 33.0 Å². The fraction of sp³-hybridized carbons (Fsp3) is 0.250. The van der Waals surface area contributed by atoms with Gasteiger partial charge in [-0.2, -0.15) is 0 Å². The second-order valence-corrected chi connectivity index (χ2v) is 5.85. The van der Waals surface area contributed by atoms with Crippen molar-refractivity contribution < 1.29 is 14.4 Å². The van der Waals surface area contributed by atoms with Gasteiger partial charge in [0.05, 0.1) is 22.8 Å². The van der Waals surface area contributed by atoms with Crippen molar-refractivity contribution in [2.45, 2.75) is 19.8 Å². The third-order valence-electron chi connectivity index (χ3n) is 3.59. The monoisotopic (exact) mass is 337 g/mol. The molecule has 0 fully saturated rings. The van der Waals surface area contributed by atoms with Gasteiger partial charge in [0.15, 0.2) is 0 Å². The molecule has 2 amide bonds. The number of benzene rings is 2. The highest BCUT2D eigenvalue weighted by molar-refractivity contribution is 6.44. The number of hydroxylamine groups is 2. The average molecular weight is 338 g/mol. The number of imide groups is 1. The summed E-state index contributed by atoms with van der Waals surface area (Å²) in [4.78, 5) is 30.2. The maximum absolute atomic E-state index is 12.5. The highest BCUT2D eigenvalue weighted by atomic mass is 35.5. The van der Waals surface area contributed by atoms with E-state index >= 15 is 0 Å². The molecule has 0 radical (unpaired) electrons. The van der Waals surface area contributed by atoms with Gasteiger partial charge in [-0.3, -0.25) is 14.4 Å². The number of hydrogen-bond acceptors (Lipinski definition) is 3. The van der Waals surface area contributed by atoms with Crippen molar-refractivity contribution in [1.82, 2.24) is 5.06 Å². The van der Waals surface area contributed by atoms with Gasteiger partial charge in [-0.25, -0.2) is 0 Å². The van der Waals surface area contributed by atoms with Crippen LogP contribution in [0, 0.1) is 0 Å². The van der Waals surface area contributed by atoms with Gasteiger partial charge in [-0.15, -0.1) is 5.06 Å². The zero-order chi connectivity index (χ0) is 15.9. The summed E-state index contributed by atoms with van der Waals surface area (Å²) in [7, 11) is 0. The maximum Gasteiger partial charge on any atom is 0.286 e. The number of fused-ring (bicyclic) bond motifs is 3. The summed E-state index contributed by atoms with van der Waals surface area (Å²) in [5, 5.41) is 2.74. The second kappa shape index (κ2) is 5.88. The predicted octanol–water partition coefficient (Wildman–Crippen LogP) is 4.47. The van der Waals surface area contributed by atoms with Gasteiger partial charge in [-0.05, 0) is 23.9 Å². The molecule has 1 aliphatic rings. The number of halogens is 2. The lowest BCUT2D eigenvalue weighted by Crippen LogP contribution is -2.30. The van der Waals surface area contributed by atoms with E-state index in [1.807, 2.05) is 6.92 Å². The summed E-state index contributed by atoms with van der Waals surface area (Å²) >= 11 is 12.4. The highest BCUT2D eigenvalue weighted by Gasteiger charge is 2.39. The molecule has 6 heteroatoms. The van der Waals surface area contributed by atoms with Gasteiger partial charge in [0.1, 0.15) is 0 Å². The lowest BCUT2D eigenvalue weighted by atomic mass is 10.0. The molecule has 0 N–H and O–H groups in total. The lowest BCUT2D eigenvalue weighted by Gasteiger charge is -2.12. The van der Waals surface area contributed by atoms with Crippen molar-refractivity contribution in [3.05, 3.63) is 45.4 Å². The first-order chi connectivity index (χ1) is 10.6. The van der Waals surface area contributed by atoms with Gasteiger partial charge < -0.3 is 0 Å². The maximum atomic E-state index is 12.5. The number of hydrogen-bond donors (Lipinski definition) is 0. The minimum atomic E-state index is -0.486. The molecule has 3 rings (SSSR count). The SMILES string of the molecule is CCCCON1C(=O)c2cc(Cl)c3c(Cl)cccc3c2C1=O. The van der Waals surface area contributed by atoms with E-state index in [1.54, 1.807) is 18.2 Å². The highest BCUT2D eigenvalue weighted by Crippen LogP contribution is 2.38. The van der Waals surface area contributed by atoms with Gasteiger partial charge >= 0.3 is 0 Å². The molecule has 2 aromatic rings. The van der Waals surface area contributed by atoms with E-state index in [1.165, 1.54) is 6.07 Å². The fourth-order valence-electron chi connectivity index (χ4n) is 2.51. The molecule has 114 valence electrons. The number of carbonyl (C=O) groups is 2. The Labute approximate surface area is 137 Å². The van der Waals surface area contributed by atoms with E-state index in [-0.39, 0.29) is 5.56 Å². The van der Waals surface area contributed by atoms with Crippen molar-refractivity contribution in [2.75, 3.05) is 6.61 Å². The van der Waals surface area contributed by atoms with Crippen molar-refractivity contribution in [2.24, 2.45) is 0 Å². The summed E-state index contributed by atoms with van der Waals surface area (Å²) in [6, 6.07) is 6.62. The van der Waals surface area contributed by atoms with Crippen LogP contribution in [0.2, 0.25) is 10.0 Å². The third kappa shape index (κ3) is 2.28. The Kier molecular flexibility index (Phi) is 4.08. The Morgan fingerprint density at radius 1 is 1.14 bits per heavy atom. The van der Waals surface area contributed by atoms with Crippen LogP contribution in [0.25, 0.3) is 10.8 Å². The Hall–Kier alpha value is -1.62. The number of amides is 2. The number of unbranched alkanes of at least 4 members (excludes halogenated alkanes) is 1. The van der Waals surface area contributed by atoms with E-state index in [4.69, 9.17) is 28.0 Å². The number of rotatable bonds is 4. The lowest BCUT2D eigenvalue weighted by molar-refractivity contribution is -0.0919. The summed E-state index contributed by atoms with van der Waals surface area (Å²) in [5.74, 6) is -0.958. The first-order valence-corrected chi connectivity index (χ1v) is 7.74. The second-order valence-electron chi connectivity index (χ2n) is 5.03. The number of nitrogens with zero attached hydrogens (tertiary/aromatic N) is 1. The van der Waals surface area contributed by atoms with E-state index < -0.39 is 11.8 Å². The van der Waals surface area contributed by atoms with E-state index in [9.17, 15) is 9.59 Å². The molecule has 0 bridgehead atoms. The van der Waals surface area contributed by atoms with Crippen LogP contribution in [0.3, 0.4) is 0 Å². The molecule has 2 aromatic carbocycles. The third-order valence-corrected chi connectivity index (χ3v) is 4.21. The first-order valence-electron chi connectivity index (χ1n) is 6.98. The number of carbonyl (C=O) groups excluding carboxylic acids is 2. The van der Waals surface area contributed by atoms with Crippen molar-refractivity contribution in [3.8, 4) is 0 Å². The van der Waals surface area contributed by atoms with Crippen molar-refractivity contribution >= 4 is 45.8 Å². The van der Waals surface area contributed by atoms with Crippen LogP contribution in [-0.2, 0) is 4.84 Å². The summed E-state index contributed by atoms with van der Waals surface area (Å²) in [6.45, 7) is 2.31. The van der Waals surface area contributed by atoms with Gasteiger partial charge in [0.2, 0.25) is 0 Å². The molecule has 1 heterocycles. The van der Waals surface area contributed by atoms with Gasteiger partial charge in [-0.1, -0.05) is 48.7 Å². The van der Waals surface area contributed by atoms with Gasteiger partial charge in [0, 0.05) is 10.4 Å². The summed E-state index contributed by atoms with van der Waals surface area (Å²) in [6.07, 6.45) is 1.67. The topological polar surface area (TPSA) is 46.6 Å². The Morgan fingerprint density at radius 2 is 1.91 bits per heavy atom. The molecule has 0 aromatic heterocycles. The molecule has 0 spiro atoms. The fourth-order valence-corrected chi connectivity index (χ4v) is 3.15. The molecule has 0 aliphatic carbocycles. The predicted molar refractivity (Wildman–Crippen MR) is 85.3 cm³/mol. The molecular formula is C16H13Cl2NO3. The Balaban J connectivity index is 2.13. The Bertz CT molecular complexity index is 789. The van der Waals surface area contributed by atoms with Crippen LogP contribution in [0.5, 0.6) is 0 Å². The molecule has 4 nitrogen and oxygen atoms in total. The van der Waals surface area contributed by atoms with Crippen LogP contribution >= 0.6 is 23.2 Å². The van der Waals surface area contributed by atoms with Gasteiger partial charge in [0.25, 0.3) is 11.8 Å². The minimum absolute atomic E-state index is 0.251. The van der Waals surface area contributed by atoms with Crippen LogP contribution in [-0.4, -0.2) is 23.5 Å². The standard InChI is InChI=1S/C16H13Cl2NO3/c1-2-3-7-22-19-15(20)10-8-12(18)14-9(13(10)16(19)21)5-4-6-11(14)17/h4-6,8H,2-3,7H2,1H3. The smallest absolute Gasteiger partial charge is 0.266 e. The van der Waals surface area contributed by atoms with Crippen LogP contribution in [0.15, 0.2) is 24.3 Å². The summed E-state index contributed by atoms with van der Waals surface area (Å²) in [5.41, 5.74) is 0.546.